The van der Waals surface area contributed by atoms with Gasteiger partial charge in [0, 0.05) is 16.1 Å². The SMILES string of the molecule is CC(C)(C)c1ccc(C(=O)c2cc(Cl)ccc2Cl)cc1. The molecule has 2 aromatic rings. The predicted molar refractivity (Wildman–Crippen MR) is 85.0 cm³/mol. The number of ketones is 1. The first kappa shape index (κ1) is 15.1. The number of hydrogen-bond acceptors (Lipinski definition) is 1. The Kier molecular flexibility index (Phi) is 4.22. The second-order valence-electron chi connectivity index (χ2n) is 5.78. The Balaban J connectivity index is 2.37. The highest BCUT2D eigenvalue weighted by Crippen LogP contribution is 2.26. The van der Waals surface area contributed by atoms with Crippen molar-refractivity contribution in [3.63, 3.8) is 0 Å². The van der Waals surface area contributed by atoms with Crippen LogP contribution < -0.4 is 0 Å². The zero-order valence-electron chi connectivity index (χ0n) is 11.7. The third-order valence-corrected chi connectivity index (χ3v) is 3.75. The Hall–Kier alpha value is -1.31. The van der Waals surface area contributed by atoms with Crippen LogP contribution in [0.15, 0.2) is 42.5 Å². The fourth-order valence-corrected chi connectivity index (χ4v) is 2.32. The fraction of sp³-hybridized carbons (Fsp3) is 0.235. The van der Waals surface area contributed by atoms with Gasteiger partial charge in [0.2, 0.25) is 0 Å². The highest BCUT2D eigenvalue weighted by Gasteiger charge is 2.16. The van der Waals surface area contributed by atoms with Crippen molar-refractivity contribution in [1.82, 2.24) is 0 Å². The van der Waals surface area contributed by atoms with Gasteiger partial charge in [-0.05, 0) is 29.2 Å². The topological polar surface area (TPSA) is 17.1 Å². The van der Waals surface area contributed by atoms with Gasteiger partial charge in [-0.1, -0.05) is 68.2 Å². The quantitative estimate of drug-likeness (QED) is 0.667. The summed E-state index contributed by atoms with van der Waals surface area (Å²) < 4.78 is 0. The van der Waals surface area contributed by atoms with Crippen LogP contribution in [0, 0.1) is 0 Å². The zero-order chi connectivity index (χ0) is 14.9. The number of hydrogen-bond donors (Lipinski definition) is 0. The van der Waals surface area contributed by atoms with Gasteiger partial charge in [-0.25, -0.2) is 0 Å². The van der Waals surface area contributed by atoms with E-state index < -0.39 is 0 Å². The van der Waals surface area contributed by atoms with Crippen LogP contribution in [-0.2, 0) is 5.41 Å². The Morgan fingerprint density at radius 2 is 1.55 bits per heavy atom. The molecule has 0 spiro atoms. The molecule has 3 heteroatoms. The van der Waals surface area contributed by atoms with Crippen molar-refractivity contribution >= 4 is 29.0 Å². The molecule has 0 amide bonds. The van der Waals surface area contributed by atoms with Crippen molar-refractivity contribution in [3.05, 3.63) is 69.2 Å². The zero-order valence-corrected chi connectivity index (χ0v) is 13.2. The van der Waals surface area contributed by atoms with Crippen molar-refractivity contribution in [1.29, 1.82) is 0 Å². The average Bonchev–Trinajstić information content (AvgIpc) is 2.40. The van der Waals surface area contributed by atoms with Crippen LogP contribution in [0.1, 0.15) is 42.3 Å². The van der Waals surface area contributed by atoms with Crippen molar-refractivity contribution in [3.8, 4) is 0 Å². The van der Waals surface area contributed by atoms with E-state index in [1.54, 1.807) is 18.2 Å². The van der Waals surface area contributed by atoms with Gasteiger partial charge in [0.25, 0.3) is 0 Å². The lowest BCUT2D eigenvalue weighted by Crippen LogP contribution is -2.11. The molecule has 0 saturated heterocycles. The maximum Gasteiger partial charge on any atom is 0.194 e. The van der Waals surface area contributed by atoms with Crippen LogP contribution in [0.3, 0.4) is 0 Å². The number of carbonyl (C=O) groups is 1. The normalized spacial score (nSPS) is 11.4. The first-order valence-electron chi connectivity index (χ1n) is 6.39. The maximum atomic E-state index is 12.4. The van der Waals surface area contributed by atoms with Gasteiger partial charge in [-0.3, -0.25) is 4.79 Å². The molecule has 0 aliphatic carbocycles. The molecule has 0 bridgehead atoms. The molecular weight excluding hydrogens is 291 g/mol. The van der Waals surface area contributed by atoms with E-state index in [9.17, 15) is 4.79 Å². The molecule has 0 unspecified atom stereocenters. The molecule has 0 saturated carbocycles. The van der Waals surface area contributed by atoms with Gasteiger partial charge in [-0.15, -0.1) is 0 Å². The van der Waals surface area contributed by atoms with Crippen LogP contribution in [0.25, 0.3) is 0 Å². The smallest absolute Gasteiger partial charge is 0.194 e. The molecule has 104 valence electrons. The molecule has 0 aromatic heterocycles. The minimum atomic E-state index is -0.113. The molecule has 0 N–H and O–H groups in total. The summed E-state index contributed by atoms with van der Waals surface area (Å²) in [6.07, 6.45) is 0. The summed E-state index contributed by atoms with van der Waals surface area (Å²) in [5, 5.41) is 0.920. The molecule has 2 aromatic carbocycles. The van der Waals surface area contributed by atoms with E-state index in [2.05, 4.69) is 20.8 Å². The fourth-order valence-electron chi connectivity index (χ4n) is 1.95. The second kappa shape index (κ2) is 5.59. The van der Waals surface area contributed by atoms with E-state index in [4.69, 9.17) is 23.2 Å². The van der Waals surface area contributed by atoms with Gasteiger partial charge in [0.1, 0.15) is 0 Å². The Morgan fingerprint density at radius 1 is 0.950 bits per heavy atom. The molecule has 0 aliphatic rings. The molecular formula is C17H16Cl2O. The summed E-state index contributed by atoms with van der Waals surface area (Å²) in [5.74, 6) is -0.113. The summed E-state index contributed by atoms with van der Waals surface area (Å²) in [7, 11) is 0. The van der Waals surface area contributed by atoms with E-state index in [1.165, 1.54) is 5.56 Å². The van der Waals surface area contributed by atoms with Crippen molar-refractivity contribution in [2.75, 3.05) is 0 Å². The van der Waals surface area contributed by atoms with Crippen LogP contribution in [-0.4, -0.2) is 5.78 Å². The van der Waals surface area contributed by atoms with Crippen LogP contribution in [0.2, 0.25) is 10.0 Å². The van der Waals surface area contributed by atoms with Gasteiger partial charge in [0.05, 0.1) is 5.02 Å². The molecule has 0 atom stereocenters. The third kappa shape index (κ3) is 3.23. The van der Waals surface area contributed by atoms with E-state index in [0.29, 0.717) is 21.2 Å². The summed E-state index contributed by atoms with van der Waals surface area (Å²) in [6.45, 7) is 6.41. The maximum absolute atomic E-state index is 12.4. The third-order valence-electron chi connectivity index (χ3n) is 3.19. The van der Waals surface area contributed by atoms with Crippen molar-refractivity contribution in [2.24, 2.45) is 0 Å². The molecule has 0 fully saturated rings. The Labute approximate surface area is 129 Å². The van der Waals surface area contributed by atoms with Gasteiger partial charge >= 0.3 is 0 Å². The highest BCUT2D eigenvalue weighted by molar-refractivity contribution is 6.36. The predicted octanol–water partition coefficient (Wildman–Crippen LogP) is 5.52. The summed E-state index contributed by atoms with van der Waals surface area (Å²) in [4.78, 5) is 12.4. The number of halogens is 2. The highest BCUT2D eigenvalue weighted by atomic mass is 35.5. The molecule has 1 nitrogen and oxygen atoms in total. The largest absolute Gasteiger partial charge is 0.289 e. The monoisotopic (exact) mass is 306 g/mol. The lowest BCUT2D eigenvalue weighted by Gasteiger charge is -2.19. The molecule has 20 heavy (non-hydrogen) atoms. The van der Waals surface area contributed by atoms with Crippen molar-refractivity contribution < 1.29 is 4.79 Å². The molecule has 2 rings (SSSR count). The summed E-state index contributed by atoms with van der Waals surface area (Å²) >= 11 is 12.0. The van der Waals surface area contributed by atoms with Gasteiger partial charge in [0.15, 0.2) is 5.78 Å². The number of benzene rings is 2. The van der Waals surface area contributed by atoms with Gasteiger partial charge < -0.3 is 0 Å². The average molecular weight is 307 g/mol. The first-order chi connectivity index (χ1) is 9.29. The standard InChI is InChI=1S/C17H16Cl2O/c1-17(2,3)12-6-4-11(5-7-12)16(20)14-10-13(18)8-9-15(14)19/h4-10H,1-3H3. The first-order valence-corrected chi connectivity index (χ1v) is 7.15. The van der Waals surface area contributed by atoms with Gasteiger partial charge in [-0.2, -0.15) is 0 Å². The van der Waals surface area contributed by atoms with Crippen LogP contribution in [0.5, 0.6) is 0 Å². The molecule has 0 radical (unpaired) electrons. The Morgan fingerprint density at radius 3 is 2.10 bits per heavy atom. The van der Waals surface area contributed by atoms with E-state index in [0.717, 1.165) is 0 Å². The Bertz CT molecular complexity index is 637. The van der Waals surface area contributed by atoms with E-state index in [-0.39, 0.29) is 11.2 Å². The number of rotatable bonds is 2. The summed E-state index contributed by atoms with van der Waals surface area (Å²) in [5.41, 5.74) is 2.30. The van der Waals surface area contributed by atoms with E-state index >= 15 is 0 Å². The molecule has 0 heterocycles. The van der Waals surface area contributed by atoms with Crippen molar-refractivity contribution in [2.45, 2.75) is 26.2 Å². The lowest BCUT2D eigenvalue weighted by molar-refractivity contribution is 0.103. The van der Waals surface area contributed by atoms with E-state index in [1.807, 2.05) is 24.3 Å². The van der Waals surface area contributed by atoms with Crippen LogP contribution in [0.4, 0.5) is 0 Å². The van der Waals surface area contributed by atoms with Crippen LogP contribution >= 0.6 is 23.2 Å². The minimum Gasteiger partial charge on any atom is -0.289 e. The molecule has 0 aliphatic heterocycles. The second-order valence-corrected chi connectivity index (χ2v) is 6.62. The summed E-state index contributed by atoms with van der Waals surface area (Å²) in [6, 6.07) is 12.5. The number of carbonyl (C=O) groups excluding carboxylic acids is 1. The lowest BCUT2D eigenvalue weighted by atomic mass is 9.86. The minimum absolute atomic E-state index is 0.0648.